The summed E-state index contributed by atoms with van der Waals surface area (Å²) < 4.78 is 40.7. The Hall–Kier alpha value is -3.27. The number of sulfonamides is 1. The van der Waals surface area contributed by atoms with E-state index in [1.165, 1.54) is 23.1 Å². The summed E-state index contributed by atoms with van der Waals surface area (Å²) in [5.74, 6) is -1.83. The molecule has 0 bridgehead atoms. The smallest absolute Gasteiger partial charge is 0.269 e. The van der Waals surface area contributed by atoms with Gasteiger partial charge in [0, 0.05) is 31.1 Å². The van der Waals surface area contributed by atoms with Crippen LogP contribution in [0.15, 0.2) is 53.4 Å². The summed E-state index contributed by atoms with van der Waals surface area (Å²) in [6.45, 7) is 1.34. The number of hydrogen-bond donors (Lipinski definition) is 1. The Balaban J connectivity index is 1.44. The lowest BCUT2D eigenvalue weighted by molar-refractivity contribution is -0.141. The number of benzene rings is 2. The largest absolute Gasteiger partial charge is 0.352 e. The van der Waals surface area contributed by atoms with Gasteiger partial charge in [0.1, 0.15) is 16.8 Å². The standard InChI is InChI=1S/C26H30FN3O5S/c1-18(25(32)28-20-10-3-4-11-20)29(17-19-9-2-6-13-22(19)27)24(31)15-8-16-30-26(33)21-12-5-7-14-23(21)36(30,34)35/h2,5-7,9,12-14,18,20H,3-4,8,10-11,15-17H2,1H3,(H,28,32)/t18-/m0/s1. The van der Waals surface area contributed by atoms with Crippen LogP contribution in [0.4, 0.5) is 4.39 Å². The Labute approximate surface area is 210 Å². The van der Waals surface area contributed by atoms with Gasteiger partial charge in [-0.3, -0.25) is 14.4 Å². The number of nitrogens with zero attached hydrogens (tertiary/aromatic N) is 2. The van der Waals surface area contributed by atoms with Crippen LogP contribution < -0.4 is 5.32 Å². The van der Waals surface area contributed by atoms with Crippen LogP contribution in [0.25, 0.3) is 0 Å². The van der Waals surface area contributed by atoms with Crippen molar-refractivity contribution in [2.45, 2.75) is 69.0 Å². The topological polar surface area (TPSA) is 104 Å². The van der Waals surface area contributed by atoms with E-state index in [-0.39, 0.29) is 53.9 Å². The second-order valence-electron chi connectivity index (χ2n) is 9.26. The minimum Gasteiger partial charge on any atom is -0.352 e. The maximum absolute atomic E-state index is 14.4. The Bertz CT molecular complexity index is 1260. The molecule has 1 fully saturated rings. The minimum absolute atomic E-state index is 0.0419. The van der Waals surface area contributed by atoms with Gasteiger partial charge in [0.15, 0.2) is 0 Å². The minimum atomic E-state index is -3.97. The second kappa shape index (κ2) is 10.8. The average Bonchev–Trinajstić information content (AvgIpc) is 3.44. The predicted molar refractivity (Wildman–Crippen MR) is 131 cm³/mol. The van der Waals surface area contributed by atoms with E-state index < -0.39 is 33.7 Å². The Morgan fingerprint density at radius 3 is 2.47 bits per heavy atom. The summed E-state index contributed by atoms with van der Waals surface area (Å²) in [4.78, 5) is 40.1. The van der Waals surface area contributed by atoms with Gasteiger partial charge < -0.3 is 10.2 Å². The van der Waals surface area contributed by atoms with Gasteiger partial charge in [-0.1, -0.05) is 43.2 Å². The zero-order chi connectivity index (χ0) is 25.9. The van der Waals surface area contributed by atoms with Crippen LogP contribution in [0.2, 0.25) is 0 Å². The molecule has 2 aromatic rings. The monoisotopic (exact) mass is 515 g/mol. The van der Waals surface area contributed by atoms with Crippen molar-refractivity contribution >= 4 is 27.7 Å². The Morgan fingerprint density at radius 2 is 1.78 bits per heavy atom. The first kappa shape index (κ1) is 25.8. The van der Waals surface area contributed by atoms with Gasteiger partial charge in [-0.15, -0.1) is 0 Å². The van der Waals surface area contributed by atoms with Crippen molar-refractivity contribution in [3.8, 4) is 0 Å². The number of amides is 3. The van der Waals surface area contributed by atoms with Crippen LogP contribution >= 0.6 is 0 Å². The molecule has 4 rings (SSSR count). The zero-order valence-electron chi connectivity index (χ0n) is 20.2. The van der Waals surface area contributed by atoms with Gasteiger partial charge in [0.25, 0.3) is 15.9 Å². The second-order valence-corrected chi connectivity index (χ2v) is 11.1. The number of rotatable bonds is 9. The fraction of sp³-hybridized carbons (Fsp3) is 0.423. The summed E-state index contributed by atoms with van der Waals surface area (Å²) in [6, 6.07) is 11.3. The predicted octanol–water partition coefficient (Wildman–Crippen LogP) is 3.23. The van der Waals surface area contributed by atoms with E-state index in [9.17, 15) is 27.2 Å². The third-order valence-corrected chi connectivity index (χ3v) is 8.67. The molecule has 1 heterocycles. The van der Waals surface area contributed by atoms with Crippen molar-refractivity contribution in [3.05, 3.63) is 65.5 Å². The molecule has 1 N–H and O–H groups in total. The highest BCUT2D eigenvalue weighted by atomic mass is 32.2. The first-order valence-electron chi connectivity index (χ1n) is 12.2. The van der Waals surface area contributed by atoms with E-state index in [4.69, 9.17) is 0 Å². The van der Waals surface area contributed by atoms with Gasteiger partial charge in [0.05, 0.1) is 5.56 Å². The molecule has 2 aromatic carbocycles. The maximum atomic E-state index is 14.4. The third kappa shape index (κ3) is 5.28. The van der Waals surface area contributed by atoms with Crippen molar-refractivity contribution in [3.63, 3.8) is 0 Å². The average molecular weight is 516 g/mol. The normalized spacial score (nSPS) is 17.6. The molecular weight excluding hydrogens is 485 g/mol. The number of halogens is 1. The van der Waals surface area contributed by atoms with Crippen molar-refractivity contribution in [1.29, 1.82) is 0 Å². The molecule has 8 nitrogen and oxygen atoms in total. The van der Waals surface area contributed by atoms with Crippen molar-refractivity contribution in [2.24, 2.45) is 0 Å². The molecule has 1 atom stereocenters. The molecule has 1 aliphatic carbocycles. The lowest BCUT2D eigenvalue weighted by Crippen LogP contribution is -2.49. The van der Waals surface area contributed by atoms with Crippen LogP contribution in [0.1, 0.15) is 61.4 Å². The van der Waals surface area contributed by atoms with Gasteiger partial charge in [-0.05, 0) is 44.4 Å². The molecule has 192 valence electrons. The molecule has 0 radical (unpaired) electrons. The van der Waals surface area contributed by atoms with Gasteiger partial charge in [-0.2, -0.15) is 0 Å². The van der Waals surface area contributed by atoms with Crippen molar-refractivity contribution < 1.29 is 27.2 Å². The van der Waals surface area contributed by atoms with E-state index in [1.54, 1.807) is 37.3 Å². The van der Waals surface area contributed by atoms with E-state index in [2.05, 4.69) is 5.32 Å². The first-order valence-corrected chi connectivity index (χ1v) is 13.6. The molecule has 1 aliphatic heterocycles. The molecule has 10 heteroatoms. The number of carbonyl (C=O) groups excluding carboxylic acids is 3. The van der Waals surface area contributed by atoms with Crippen LogP contribution in [-0.2, 0) is 26.2 Å². The fourth-order valence-electron chi connectivity index (χ4n) is 4.75. The summed E-state index contributed by atoms with van der Waals surface area (Å²) in [7, 11) is -3.97. The highest BCUT2D eigenvalue weighted by Crippen LogP contribution is 2.30. The van der Waals surface area contributed by atoms with Crippen LogP contribution in [-0.4, -0.2) is 54.0 Å². The molecule has 2 aliphatic rings. The molecule has 0 saturated heterocycles. The number of nitrogens with one attached hydrogen (secondary N) is 1. The molecular formula is C26H30FN3O5S. The van der Waals surface area contributed by atoms with E-state index >= 15 is 0 Å². The lowest BCUT2D eigenvalue weighted by Gasteiger charge is -2.30. The summed E-state index contributed by atoms with van der Waals surface area (Å²) >= 11 is 0. The first-order chi connectivity index (χ1) is 17.2. The lowest BCUT2D eigenvalue weighted by atomic mass is 10.1. The van der Waals surface area contributed by atoms with E-state index in [0.29, 0.717) is 0 Å². The van der Waals surface area contributed by atoms with E-state index in [1.807, 2.05) is 0 Å². The summed E-state index contributed by atoms with van der Waals surface area (Å²) in [6.07, 6.45) is 3.83. The summed E-state index contributed by atoms with van der Waals surface area (Å²) in [5, 5.41) is 2.98. The highest BCUT2D eigenvalue weighted by Gasteiger charge is 2.40. The van der Waals surface area contributed by atoms with Crippen molar-refractivity contribution in [1.82, 2.24) is 14.5 Å². The Morgan fingerprint density at radius 1 is 1.11 bits per heavy atom. The highest BCUT2D eigenvalue weighted by molar-refractivity contribution is 7.90. The maximum Gasteiger partial charge on any atom is 0.269 e. The SMILES string of the molecule is C[C@@H](C(=O)NC1CCCC1)N(Cc1ccccc1F)C(=O)CCCN1C(=O)c2ccccc2S1(=O)=O. The molecule has 3 amide bonds. The zero-order valence-corrected chi connectivity index (χ0v) is 21.0. The molecule has 36 heavy (non-hydrogen) atoms. The number of carbonyl (C=O) groups is 3. The third-order valence-electron chi connectivity index (χ3n) is 6.83. The van der Waals surface area contributed by atoms with Gasteiger partial charge in [0.2, 0.25) is 11.8 Å². The molecule has 0 aromatic heterocycles. The Kier molecular flexibility index (Phi) is 7.73. The molecule has 1 saturated carbocycles. The molecule has 0 spiro atoms. The van der Waals surface area contributed by atoms with Gasteiger partial charge >= 0.3 is 0 Å². The van der Waals surface area contributed by atoms with Crippen LogP contribution in [0, 0.1) is 5.82 Å². The quantitative estimate of drug-likeness (QED) is 0.552. The van der Waals surface area contributed by atoms with Crippen LogP contribution in [0.3, 0.4) is 0 Å². The fourth-order valence-corrected chi connectivity index (χ4v) is 6.36. The number of hydrogen-bond acceptors (Lipinski definition) is 5. The van der Waals surface area contributed by atoms with Crippen molar-refractivity contribution in [2.75, 3.05) is 6.54 Å². The molecule has 0 unspecified atom stereocenters. The van der Waals surface area contributed by atoms with Crippen LogP contribution in [0.5, 0.6) is 0 Å². The van der Waals surface area contributed by atoms with Gasteiger partial charge in [-0.25, -0.2) is 17.1 Å². The summed E-state index contributed by atoms with van der Waals surface area (Å²) in [5.41, 5.74) is 0.390. The number of fused-ring (bicyclic) bond motifs is 1. The van der Waals surface area contributed by atoms with E-state index in [0.717, 1.165) is 30.0 Å².